The van der Waals surface area contributed by atoms with Crippen LogP contribution in [0.2, 0.25) is 0 Å². The van der Waals surface area contributed by atoms with Gasteiger partial charge in [0.2, 0.25) is 0 Å². The number of hydrogen-bond acceptors (Lipinski definition) is 2. The first kappa shape index (κ1) is 14.8. The van der Waals surface area contributed by atoms with Gasteiger partial charge >= 0.3 is 0 Å². The molecule has 0 aliphatic carbocycles. The zero-order chi connectivity index (χ0) is 17.7. The minimum Gasteiger partial charge on any atom is -0.298 e. The molecule has 0 aliphatic rings. The molecule has 0 spiro atoms. The molecule has 0 saturated carbocycles. The van der Waals surface area contributed by atoms with Crippen molar-refractivity contribution in [2.45, 2.75) is 0 Å². The quantitative estimate of drug-likeness (QED) is 0.296. The standard InChI is InChI=1S/C24H14O2/c25-13-18-6-5-17-9-21-10-19-7-15-3-1-2-4-16(15)8-20(19)11-22(21)12-23(17)24(18)14-26/h1-14H. The summed E-state index contributed by atoms with van der Waals surface area (Å²) in [5.74, 6) is 0. The van der Waals surface area contributed by atoms with Gasteiger partial charge in [-0.15, -0.1) is 0 Å². The van der Waals surface area contributed by atoms with Crippen molar-refractivity contribution in [3.63, 3.8) is 0 Å². The summed E-state index contributed by atoms with van der Waals surface area (Å²) in [5.41, 5.74) is 0.886. The Bertz CT molecular complexity index is 1360. The zero-order valence-corrected chi connectivity index (χ0v) is 13.9. The predicted molar refractivity (Wildman–Crippen MR) is 107 cm³/mol. The van der Waals surface area contributed by atoms with Crippen LogP contribution in [0.1, 0.15) is 20.7 Å². The van der Waals surface area contributed by atoms with Crippen molar-refractivity contribution >= 4 is 55.7 Å². The molecule has 0 N–H and O–H groups in total. The maximum Gasteiger partial charge on any atom is 0.151 e. The molecule has 0 fully saturated rings. The van der Waals surface area contributed by atoms with Crippen LogP contribution >= 0.6 is 0 Å². The Hall–Kier alpha value is -3.52. The second-order valence-electron chi connectivity index (χ2n) is 6.62. The van der Waals surface area contributed by atoms with Crippen molar-refractivity contribution in [1.29, 1.82) is 0 Å². The van der Waals surface area contributed by atoms with E-state index >= 15 is 0 Å². The van der Waals surface area contributed by atoms with Crippen molar-refractivity contribution < 1.29 is 9.59 Å². The molecule has 0 saturated heterocycles. The van der Waals surface area contributed by atoms with Gasteiger partial charge in [-0.1, -0.05) is 36.4 Å². The fourth-order valence-electron chi connectivity index (χ4n) is 3.79. The molecule has 2 heteroatoms. The Morgan fingerprint density at radius 3 is 1.62 bits per heavy atom. The highest BCUT2D eigenvalue weighted by atomic mass is 16.1. The molecule has 5 rings (SSSR count). The van der Waals surface area contributed by atoms with Gasteiger partial charge in [0.25, 0.3) is 0 Å². The fourth-order valence-corrected chi connectivity index (χ4v) is 3.79. The molecule has 0 atom stereocenters. The maximum absolute atomic E-state index is 11.5. The molecule has 5 aromatic rings. The average molecular weight is 334 g/mol. The molecule has 0 bridgehead atoms. The summed E-state index contributed by atoms with van der Waals surface area (Å²) in [4.78, 5) is 22.8. The minimum atomic E-state index is 0.429. The Balaban J connectivity index is 1.90. The molecule has 0 amide bonds. The van der Waals surface area contributed by atoms with Crippen molar-refractivity contribution in [3.05, 3.63) is 83.9 Å². The van der Waals surface area contributed by atoms with Gasteiger partial charge in [-0.3, -0.25) is 9.59 Å². The van der Waals surface area contributed by atoms with Crippen molar-refractivity contribution in [1.82, 2.24) is 0 Å². The minimum absolute atomic E-state index is 0.429. The Labute approximate surface area is 149 Å². The van der Waals surface area contributed by atoms with E-state index in [1.165, 1.54) is 16.2 Å². The van der Waals surface area contributed by atoms with Crippen LogP contribution in [0.5, 0.6) is 0 Å². The molecule has 26 heavy (non-hydrogen) atoms. The summed E-state index contributed by atoms with van der Waals surface area (Å²) >= 11 is 0. The maximum atomic E-state index is 11.5. The summed E-state index contributed by atoms with van der Waals surface area (Å²) in [6.07, 6.45) is 1.51. The van der Waals surface area contributed by atoms with E-state index < -0.39 is 0 Å². The highest BCUT2D eigenvalue weighted by Gasteiger charge is 2.09. The lowest BCUT2D eigenvalue weighted by molar-refractivity contribution is 0.109. The number of carbonyl (C=O) groups excluding carboxylic acids is 2. The van der Waals surface area contributed by atoms with Gasteiger partial charge in [0.05, 0.1) is 0 Å². The molecule has 0 aliphatic heterocycles. The topological polar surface area (TPSA) is 34.1 Å². The van der Waals surface area contributed by atoms with E-state index in [4.69, 9.17) is 0 Å². The van der Waals surface area contributed by atoms with Gasteiger partial charge in [0, 0.05) is 11.1 Å². The summed E-state index contributed by atoms with van der Waals surface area (Å²) in [6, 6.07) is 24.8. The van der Waals surface area contributed by atoms with Gasteiger partial charge in [0.1, 0.15) is 0 Å². The lowest BCUT2D eigenvalue weighted by Gasteiger charge is -2.09. The van der Waals surface area contributed by atoms with E-state index in [0.717, 1.165) is 39.5 Å². The second-order valence-corrected chi connectivity index (χ2v) is 6.62. The van der Waals surface area contributed by atoms with E-state index in [0.29, 0.717) is 11.1 Å². The number of aldehydes is 2. The summed E-state index contributed by atoms with van der Waals surface area (Å²) in [5, 5.41) is 8.74. The van der Waals surface area contributed by atoms with E-state index in [1.54, 1.807) is 6.07 Å². The largest absolute Gasteiger partial charge is 0.298 e. The fraction of sp³-hybridized carbons (Fsp3) is 0. The SMILES string of the molecule is O=Cc1ccc2cc3cc4cc5ccccc5cc4cc3cc2c1C=O. The third-order valence-corrected chi connectivity index (χ3v) is 5.12. The molecule has 0 aromatic heterocycles. The third-order valence-electron chi connectivity index (χ3n) is 5.12. The van der Waals surface area contributed by atoms with Crippen molar-refractivity contribution in [2.75, 3.05) is 0 Å². The number of rotatable bonds is 2. The molecular weight excluding hydrogens is 320 g/mol. The first-order chi connectivity index (χ1) is 12.8. The van der Waals surface area contributed by atoms with Crippen LogP contribution in [0.3, 0.4) is 0 Å². The number of fused-ring (bicyclic) bond motifs is 4. The van der Waals surface area contributed by atoms with Crippen LogP contribution in [0.25, 0.3) is 43.1 Å². The van der Waals surface area contributed by atoms with Crippen LogP contribution in [0.15, 0.2) is 72.8 Å². The first-order valence-corrected chi connectivity index (χ1v) is 8.50. The van der Waals surface area contributed by atoms with Crippen molar-refractivity contribution in [2.24, 2.45) is 0 Å². The third kappa shape index (κ3) is 2.12. The highest BCUT2D eigenvalue weighted by Crippen LogP contribution is 2.31. The van der Waals surface area contributed by atoms with Crippen molar-refractivity contribution in [3.8, 4) is 0 Å². The molecule has 0 unspecified atom stereocenters. The highest BCUT2D eigenvalue weighted by molar-refractivity contribution is 6.12. The zero-order valence-electron chi connectivity index (χ0n) is 13.9. The van der Waals surface area contributed by atoms with E-state index in [9.17, 15) is 9.59 Å². The monoisotopic (exact) mass is 334 g/mol. The average Bonchev–Trinajstić information content (AvgIpc) is 2.68. The van der Waals surface area contributed by atoms with Gasteiger partial charge in [-0.05, 0) is 79.5 Å². The van der Waals surface area contributed by atoms with E-state index in [-0.39, 0.29) is 0 Å². The molecular formula is C24H14O2. The number of hydrogen-bond donors (Lipinski definition) is 0. The molecule has 5 aromatic carbocycles. The lowest BCUT2D eigenvalue weighted by atomic mass is 9.94. The van der Waals surface area contributed by atoms with Crippen LogP contribution in [-0.4, -0.2) is 12.6 Å². The normalized spacial score (nSPS) is 11.4. The first-order valence-electron chi connectivity index (χ1n) is 8.50. The second kappa shape index (κ2) is 5.50. The van der Waals surface area contributed by atoms with Gasteiger partial charge in [-0.25, -0.2) is 0 Å². The van der Waals surface area contributed by atoms with Gasteiger partial charge < -0.3 is 0 Å². The summed E-state index contributed by atoms with van der Waals surface area (Å²) in [7, 11) is 0. The van der Waals surface area contributed by atoms with E-state index in [2.05, 4.69) is 42.5 Å². The summed E-state index contributed by atoms with van der Waals surface area (Å²) in [6.45, 7) is 0. The Kier molecular flexibility index (Phi) is 3.13. The van der Waals surface area contributed by atoms with Gasteiger partial charge in [-0.2, -0.15) is 0 Å². The van der Waals surface area contributed by atoms with Crippen LogP contribution in [0.4, 0.5) is 0 Å². The molecule has 2 nitrogen and oxygen atoms in total. The van der Waals surface area contributed by atoms with Crippen LogP contribution in [0, 0.1) is 0 Å². The Morgan fingerprint density at radius 1 is 0.500 bits per heavy atom. The van der Waals surface area contributed by atoms with Gasteiger partial charge in [0.15, 0.2) is 12.6 Å². The van der Waals surface area contributed by atoms with E-state index in [1.807, 2.05) is 24.3 Å². The van der Waals surface area contributed by atoms with Crippen LogP contribution < -0.4 is 0 Å². The number of carbonyl (C=O) groups is 2. The predicted octanol–water partition coefficient (Wildman–Crippen LogP) is 5.92. The Morgan fingerprint density at radius 2 is 1.04 bits per heavy atom. The molecule has 0 heterocycles. The smallest absolute Gasteiger partial charge is 0.151 e. The lowest BCUT2D eigenvalue weighted by Crippen LogP contribution is -1.92. The van der Waals surface area contributed by atoms with Crippen LogP contribution in [-0.2, 0) is 0 Å². The summed E-state index contributed by atoms with van der Waals surface area (Å²) < 4.78 is 0. The number of benzene rings is 5. The molecule has 122 valence electrons. The molecule has 0 radical (unpaired) electrons.